The van der Waals surface area contributed by atoms with E-state index in [9.17, 15) is 13.2 Å². The molecule has 7 heteroatoms. The number of hydrogen-bond acceptors (Lipinski definition) is 4. The van der Waals surface area contributed by atoms with E-state index in [1.807, 2.05) is 37.3 Å². The fourth-order valence-corrected chi connectivity index (χ4v) is 3.75. The van der Waals surface area contributed by atoms with Crippen molar-refractivity contribution < 1.29 is 17.7 Å². The Hall–Kier alpha value is -2.64. The quantitative estimate of drug-likeness (QED) is 0.588. The molecule has 158 valence electrons. The summed E-state index contributed by atoms with van der Waals surface area (Å²) in [6.45, 7) is 5.97. The van der Waals surface area contributed by atoms with Gasteiger partial charge in [-0.3, -0.25) is 9.80 Å². The number of piperazine rings is 1. The van der Waals surface area contributed by atoms with Crippen molar-refractivity contribution in [2.24, 2.45) is 0 Å². The van der Waals surface area contributed by atoms with Crippen LogP contribution in [0.5, 0.6) is 0 Å². The molecule has 0 atom stereocenters. The zero-order valence-electron chi connectivity index (χ0n) is 16.8. The lowest BCUT2D eigenvalue weighted by molar-refractivity contribution is -0.138. The van der Waals surface area contributed by atoms with Gasteiger partial charge in [-0.2, -0.15) is 13.2 Å². The Morgan fingerprint density at radius 3 is 2.20 bits per heavy atom. The Bertz CT molecular complexity index is 974. The summed E-state index contributed by atoms with van der Waals surface area (Å²) in [6, 6.07) is 15.9. The third-order valence-corrected chi connectivity index (χ3v) is 5.47. The second kappa shape index (κ2) is 8.62. The highest BCUT2D eigenvalue weighted by atomic mass is 19.4. The molecule has 0 bridgehead atoms. The molecule has 1 aromatic heterocycles. The Balaban J connectivity index is 1.32. The molecule has 3 aromatic rings. The molecule has 1 saturated heterocycles. The average molecular weight is 415 g/mol. The lowest BCUT2D eigenvalue weighted by atomic mass is 10.1. The van der Waals surface area contributed by atoms with Gasteiger partial charge in [0.2, 0.25) is 0 Å². The first-order chi connectivity index (χ1) is 14.4. The molecule has 0 saturated carbocycles. The second-order valence-corrected chi connectivity index (χ2v) is 7.75. The predicted molar refractivity (Wildman–Crippen MR) is 109 cm³/mol. The molecule has 30 heavy (non-hydrogen) atoms. The number of alkyl halides is 3. The molecule has 0 amide bonds. The van der Waals surface area contributed by atoms with Crippen molar-refractivity contribution in [1.29, 1.82) is 0 Å². The summed E-state index contributed by atoms with van der Waals surface area (Å²) in [5, 5.41) is 4.17. The van der Waals surface area contributed by atoms with Gasteiger partial charge in [0.05, 0.1) is 12.1 Å². The van der Waals surface area contributed by atoms with E-state index in [2.05, 4.69) is 15.0 Å². The monoisotopic (exact) mass is 415 g/mol. The maximum atomic E-state index is 13.2. The van der Waals surface area contributed by atoms with E-state index in [1.54, 1.807) is 12.1 Å². The van der Waals surface area contributed by atoms with Crippen molar-refractivity contribution >= 4 is 0 Å². The molecule has 1 aliphatic heterocycles. The second-order valence-electron chi connectivity index (χ2n) is 7.75. The minimum atomic E-state index is -4.32. The van der Waals surface area contributed by atoms with Crippen molar-refractivity contribution in [2.45, 2.75) is 26.2 Å². The largest absolute Gasteiger partial charge is 0.416 e. The molecule has 0 spiro atoms. The summed E-state index contributed by atoms with van der Waals surface area (Å²) in [6.07, 6.45) is -4.32. The van der Waals surface area contributed by atoms with Crippen LogP contribution in [0.3, 0.4) is 0 Å². The highest BCUT2D eigenvalue weighted by molar-refractivity contribution is 5.59. The number of rotatable bonds is 5. The summed E-state index contributed by atoms with van der Waals surface area (Å²) in [7, 11) is 0. The molecular weight excluding hydrogens is 391 g/mol. The Morgan fingerprint density at radius 1 is 0.900 bits per heavy atom. The van der Waals surface area contributed by atoms with Crippen LogP contribution in [0.1, 0.15) is 22.5 Å². The van der Waals surface area contributed by atoms with Gasteiger partial charge in [-0.15, -0.1) is 0 Å². The third kappa shape index (κ3) is 4.91. The van der Waals surface area contributed by atoms with Crippen LogP contribution in [-0.4, -0.2) is 41.1 Å². The maximum Gasteiger partial charge on any atom is 0.416 e. The van der Waals surface area contributed by atoms with Gasteiger partial charge in [0, 0.05) is 44.4 Å². The summed E-state index contributed by atoms with van der Waals surface area (Å²) >= 11 is 0. The zero-order valence-corrected chi connectivity index (χ0v) is 16.8. The first-order valence-electron chi connectivity index (χ1n) is 10.0. The van der Waals surface area contributed by atoms with E-state index in [0.29, 0.717) is 31.7 Å². The van der Waals surface area contributed by atoms with Crippen LogP contribution < -0.4 is 0 Å². The van der Waals surface area contributed by atoms with E-state index in [4.69, 9.17) is 4.52 Å². The van der Waals surface area contributed by atoms with Crippen LogP contribution in [0.4, 0.5) is 13.2 Å². The number of aryl methyl sites for hydroxylation is 1. The smallest absolute Gasteiger partial charge is 0.359 e. The number of halogens is 3. The van der Waals surface area contributed by atoms with Crippen LogP contribution >= 0.6 is 0 Å². The first-order valence-corrected chi connectivity index (χ1v) is 10.0. The van der Waals surface area contributed by atoms with E-state index in [-0.39, 0.29) is 0 Å². The molecule has 4 nitrogen and oxygen atoms in total. The number of aromatic nitrogens is 1. The Morgan fingerprint density at radius 2 is 1.53 bits per heavy atom. The SMILES string of the molecule is Cc1ccc(-c2cc(CN3CCN(Cc4ccccc4C(F)(F)F)CC3)on2)cc1. The molecule has 0 aliphatic carbocycles. The Kier molecular flexibility index (Phi) is 5.92. The molecule has 2 heterocycles. The fourth-order valence-electron chi connectivity index (χ4n) is 3.75. The van der Waals surface area contributed by atoms with Gasteiger partial charge in [0.15, 0.2) is 5.76 Å². The molecule has 0 radical (unpaired) electrons. The number of benzene rings is 2. The highest BCUT2D eigenvalue weighted by Crippen LogP contribution is 2.32. The Labute approximate surface area is 173 Å². The molecule has 1 fully saturated rings. The summed E-state index contributed by atoms with van der Waals surface area (Å²) in [5.41, 5.74) is 2.81. The fraction of sp³-hybridized carbons (Fsp3) is 0.348. The van der Waals surface area contributed by atoms with Crippen LogP contribution in [0.15, 0.2) is 59.1 Å². The molecule has 0 N–H and O–H groups in total. The lowest BCUT2D eigenvalue weighted by Crippen LogP contribution is -2.45. The van der Waals surface area contributed by atoms with E-state index < -0.39 is 11.7 Å². The number of nitrogens with zero attached hydrogens (tertiary/aromatic N) is 3. The average Bonchev–Trinajstić information content (AvgIpc) is 3.18. The highest BCUT2D eigenvalue weighted by Gasteiger charge is 2.33. The minimum absolute atomic E-state index is 0.309. The molecule has 1 aliphatic rings. The minimum Gasteiger partial charge on any atom is -0.359 e. The molecule has 4 rings (SSSR count). The van der Waals surface area contributed by atoms with Gasteiger partial charge in [-0.05, 0) is 18.6 Å². The summed E-state index contributed by atoms with van der Waals surface area (Å²) < 4.78 is 45.1. The maximum absolute atomic E-state index is 13.2. The molecule has 2 aromatic carbocycles. The zero-order chi connectivity index (χ0) is 21.1. The van der Waals surface area contributed by atoms with Gasteiger partial charge >= 0.3 is 6.18 Å². The lowest BCUT2D eigenvalue weighted by Gasteiger charge is -2.34. The summed E-state index contributed by atoms with van der Waals surface area (Å²) in [4.78, 5) is 4.31. The standard InChI is InChI=1S/C23H24F3N3O/c1-17-6-8-18(9-7-17)22-14-20(30-27-22)16-29-12-10-28(11-13-29)15-19-4-2-3-5-21(19)23(24,25)26/h2-9,14H,10-13,15-16H2,1H3. The van der Waals surface area contributed by atoms with Gasteiger partial charge in [0.1, 0.15) is 5.69 Å². The third-order valence-electron chi connectivity index (χ3n) is 5.47. The van der Waals surface area contributed by atoms with E-state index in [0.717, 1.165) is 36.2 Å². The van der Waals surface area contributed by atoms with Crippen LogP contribution in [0.2, 0.25) is 0 Å². The van der Waals surface area contributed by atoms with Crippen molar-refractivity contribution in [1.82, 2.24) is 15.0 Å². The topological polar surface area (TPSA) is 32.5 Å². The van der Waals surface area contributed by atoms with Crippen molar-refractivity contribution in [3.8, 4) is 11.3 Å². The van der Waals surface area contributed by atoms with Crippen molar-refractivity contribution in [3.05, 3.63) is 77.0 Å². The van der Waals surface area contributed by atoms with E-state index in [1.165, 1.54) is 11.6 Å². The van der Waals surface area contributed by atoms with Crippen molar-refractivity contribution in [3.63, 3.8) is 0 Å². The summed E-state index contributed by atoms with van der Waals surface area (Å²) in [5.74, 6) is 0.793. The predicted octanol–water partition coefficient (Wildman–Crippen LogP) is 4.99. The molecular formula is C23H24F3N3O. The normalized spacial score (nSPS) is 16.1. The van der Waals surface area contributed by atoms with Crippen LogP contribution in [0.25, 0.3) is 11.3 Å². The van der Waals surface area contributed by atoms with Gasteiger partial charge in [-0.1, -0.05) is 53.2 Å². The van der Waals surface area contributed by atoms with Gasteiger partial charge < -0.3 is 4.52 Å². The van der Waals surface area contributed by atoms with Crippen molar-refractivity contribution in [2.75, 3.05) is 26.2 Å². The van der Waals surface area contributed by atoms with E-state index >= 15 is 0 Å². The number of hydrogen-bond donors (Lipinski definition) is 0. The molecule has 0 unspecified atom stereocenters. The first kappa shape index (κ1) is 20.6. The van der Waals surface area contributed by atoms with Gasteiger partial charge in [0.25, 0.3) is 0 Å². The van der Waals surface area contributed by atoms with Gasteiger partial charge in [-0.25, -0.2) is 0 Å². The van der Waals surface area contributed by atoms with Crippen LogP contribution in [0, 0.1) is 6.92 Å². The van der Waals surface area contributed by atoms with Crippen LogP contribution in [-0.2, 0) is 19.3 Å².